The molecule has 1 N–H and O–H groups in total. The Labute approximate surface area is 153 Å². The average Bonchev–Trinajstić information content (AvgIpc) is 2.68. The second-order valence-corrected chi connectivity index (χ2v) is 6.30. The Hall–Kier alpha value is -2.60. The van der Waals surface area contributed by atoms with Crippen molar-refractivity contribution >= 4 is 11.6 Å². The molecule has 5 nitrogen and oxygen atoms in total. The number of carbonyl (C=O) groups excluding carboxylic acids is 1. The molecule has 0 unspecified atom stereocenters. The van der Waals surface area contributed by atoms with Crippen molar-refractivity contribution in [1.29, 1.82) is 0 Å². The van der Waals surface area contributed by atoms with Crippen molar-refractivity contribution in [3.8, 4) is 5.75 Å². The van der Waals surface area contributed by atoms with Crippen molar-refractivity contribution in [3.05, 3.63) is 59.9 Å². The van der Waals surface area contributed by atoms with Crippen LogP contribution in [0.1, 0.15) is 5.56 Å². The number of amides is 1. The summed E-state index contributed by atoms with van der Waals surface area (Å²) in [5.74, 6) is 0.553. The molecule has 2 aromatic rings. The number of piperazine rings is 1. The van der Waals surface area contributed by atoms with Crippen LogP contribution in [-0.2, 0) is 11.3 Å². The van der Waals surface area contributed by atoms with Crippen molar-refractivity contribution in [1.82, 2.24) is 10.2 Å². The van der Waals surface area contributed by atoms with E-state index in [4.69, 9.17) is 4.74 Å². The lowest BCUT2D eigenvalue weighted by Gasteiger charge is -2.35. The molecule has 6 heteroatoms. The third-order valence-corrected chi connectivity index (χ3v) is 4.60. The number of carbonyl (C=O) groups is 1. The van der Waals surface area contributed by atoms with Crippen LogP contribution >= 0.6 is 0 Å². The van der Waals surface area contributed by atoms with Gasteiger partial charge >= 0.3 is 0 Å². The van der Waals surface area contributed by atoms with Gasteiger partial charge in [-0.25, -0.2) is 4.39 Å². The standard InChI is InChI=1S/C20H24FN3O2/c1-26-19-9-5-2-6-16(19)14-22-20(25)15-23-10-12-24(13-11-23)18-8-4-3-7-17(18)21/h2-9H,10-15H2,1H3,(H,22,25). The summed E-state index contributed by atoms with van der Waals surface area (Å²) >= 11 is 0. The number of halogens is 1. The molecule has 0 aromatic heterocycles. The second-order valence-electron chi connectivity index (χ2n) is 6.30. The summed E-state index contributed by atoms with van der Waals surface area (Å²) in [6, 6.07) is 14.5. The molecule has 2 aromatic carbocycles. The zero-order valence-electron chi connectivity index (χ0n) is 15.0. The van der Waals surface area contributed by atoms with Gasteiger partial charge in [0.1, 0.15) is 11.6 Å². The molecule has 0 atom stereocenters. The van der Waals surface area contributed by atoms with Gasteiger partial charge in [-0.15, -0.1) is 0 Å². The van der Waals surface area contributed by atoms with Gasteiger partial charge in [0.2, 0.25) is 5.91 Å². The van der Waals surface area contributed by atoms with Crippen LogP contribution in [-0.4, -0.2) is 50.6 Å². The summed E-state index contributed by atoms with van der Waals surface area (Å²) in [6.07, 6.45) is 0. The Morgan fingerprint density at radius 2 is 1.77 bits per heavy atom. The quantitative estimate of drug-likeness (QED) is 0.862. The van der Waals surface area contributed by atoms with Crippen molar-refractivity contribution in [2.24, 2.45) is 0 Å². The summed E-state index contributed by atoms with van der Waals surface area (Å²) in [5.41, 5.74) is 1.58. The van der Waals surface area contributed by atoms with Crippen LogP contribution in [0.25, 0.3) is 0 Å². The van der Waals surface area contributed by atoms with Crippen LogP contribution in [0.2, 0.25) is 0 Å². The van der Waals surface area contributed by atoms with Crippen LogP contribution in [0.5, 0.6) is 5.75 Å². The predicted octanol–water partition coefficient (Wildman–Crippen LogP) is 2.27. The number of rotatable bonds is 6. The zero-order valence-corrected chi connectivity index (χ0v) is 15.0. The molecule has 1 fully saturated rings. The molecule has 1 heterocycles. The predicted molar refractivity (Wildman–Crippen MR) is 99.9 cm³/mol. The molecule has 1 aliphatic rings. The smallest absolute Gasteiger partial charge is 0.234 e. The maximum atomic E-state index is 13.9. The molecule has 26 heavy (non-hydrogen) atoms. The summed E-state index contributed by atoms with van der Waals surface area (Å²) in [4.78, 5) is 16.3. The highest BCUT2D eigenvalue weighted by atomic mass is 19.1. The molecule has 3 rings (SSSR count). The number of benzene rings is 2. The van der Waals surface area contributed by atoms with Gasteiger partial charge in [-0.3, -0.25) is 9.69 Å². The van der Waals surface area contributed by atoms with Crippen LogP contribution in [0.15, 0.2) is 48.5 Å². The second kappa shape index (κ2) is 8.67. The largest absolute Gasteiger partial charge is 0.496 e. The Kier molecular flexibility index (Phi) is 6.07. The fourth-order valence-electron chi connectivity index (χ4n) is 3.16. The highest BCUT2D eigenvalue weighted by Crippen LogP contribution is 2.20. The zero-order chi connectivity index (χ0) is 18.4. The van der Waals surface area contributed by atoms with Gasteiger partial charge < -0.3 is 15.0 Å². The highest BCUT2D eigenvalue weighted by Gasteiger charge is 2.20. The molecule has 138 valence electrons. The number of ether oxygens (including phenoxy) is 1. The SMILES string of the molecule is COc1ccccc1CNC(=O)CN1CCN(c2ccccc2F)CC1. The van der Waals surface area contributed by atoms with Crippen molar-refractivity contribution in [3.63, 3.8) is 0 Å². The van der Waals surface area contributed by atoms with Crippen molar-refractivity contribution in [2.45, 2.75) is 6.54 Å². The fraction of sp³-hybridized carbons (Fsp3) is 0.350. The van der Waals surface area contributed by atoms with E-state index in [2.05, 4.69) is 10.2 Å². The molecular formula is C20H24FN3O2. The first-order valence-corrected chi connectivity index (χ1v) is 8.78. The van der Waals surface area contributed by atoms with Gasteiger partial charge in [-0.05, 0) is 18.2 Å². The van der Waals surface area contributed by atoms with Crippen molar-refractivity contribution < 1.29 is 13.9 Å². The summed E-state index contributed by atoms with van der Waals surface area (Å²) in [6.45, 7) is 3.67. The Morgan fingerprint density at radius 3 is 2.50 bits per heavy atom. The first kappa shape index (κ1) is 18.2. The maximum absolute atomic E-state index is 13.9. The Bertz CT molecular complexity index is 745. The fourth-order valence-corrected chi connectivity index (χ4v) is 3.16. The minimum absolute atomic E-state index is 0.0183. The lowest BCUT2D eigenvalue weighted by Crippen LogP contribution is -2.49. The number of methoxy groups -OCH3 is 1. The summed E-state index contributed by atoms with van der Waals surface area (Å²) < 4.78 is 19.2. The van der Waals surface area contributed by atoms with Crippen LogP contribution < -0.4 is 15.0 Å². The maximum Gasteiger partial charge on any atom is 0.234 e. The molecule has 1 aliphatic heterocycles. The third kappa shape index (κ3) is 4.52. The van der Waals surface area contributed by atoms with Crippen LogP contribution in [0.3, 0.4) is 0 Å². The molecule has 0 aliphatic carbocycles. The molecule has 0 spiro atoms. The number of nitrogens with one attached hydrogen (secondary N) is 1. The van der Waals surface area contributed by atoms with Gasteiger partial charge in [0.15, 0.2) is 0 Å². The van der Waals surface area contributed by atoms with E-state index in [1.54, 1.807) is 19.2 Å². The highest BCUT2D eigenvalue weighted by molar-refractivity contribution is 5.78. The third-order valence-electron chi connectivity index (χ3n) is 4.60. The molecule has 0 saturated carbocycles. The summed E-state index contributed by atoms with van der Waals surface area (Å²) in [7, 11) is 1.62. The van der Waals surface area contributed by atoms with Crippen LogP contribution in [0.4, 0.5) is 10.1 Å². The van der Waals surface area contributed by atoms with E-state index in [0.29, 0.717) is 31.9 Å². The van der Waals surface area contributed by atoms with E-state index in [9.17, 15) is 9.18 Å². The van der Waals surface area contributed by atoms with E-state index >= 15 is 0 Å². The minimum Gasteiger partial charge on any atom is -0.496 e. The van der Waals surface area contributed by atoms with Crippen LogP contribution in [0, 0.1) is 5.82 Å². The number of hydrogen-bond acceptors (Lipinski definition) is 4. The van der Waals surface area contributed by atoms with Gasteiger partial charge in [0, 0.05) is 38.3 Å². The van der Waals surface area contributed by atoms with Gasteiger partial charge in [0.25, 0.3) is 0 Å². The molecule has 1 saturated heterocycles. The normalized spacial score (nSPS) is 14.9. The molecular weight excluding hydrogens is 333 g/mol. The number of hydrogen-bond donors (Lipinski definition) is 1. The van der Waals surface area contributed by atoms with E-state index < -0.39 is 0 Å². The molecule has 0 radical (unpaired) electrons. The lowest BCUT2D eigenvalue weighted by molar-refractivity contribution is -0.122. The average molecular weight is 357 g/mol. The monoisotopic (exact) mass is 357 g/mol. The van der Waals surface area contributed by atoms with Gasteiger partial charge in [-0.1, -0.05) is 30.3 Å². The number of anilines is 1. The van der Waals surface area contributed by atoms with E-state index in [1.807, 2.05) is 35.2 Å². The number of nitrogens with zero attached hydrogens (tertiary/aromatic N) is 2. The van der Waals surface area contributed by atoms with E-state index in [0.717, 1.165) is 24.4 Å². The first-order valence-electron chi connectivity index (χ1n) is 8.78. The molecule has 1 amide bonds. The lowest BCUT2D eigenvalue weighted by atomic mass is 10.2. The minimum atomic E-state index is -0.199. The summed E-state index contributed by atoms with van der Waals surface area (Å²) in [5, 5.41) is 2.94. The topological polar surface area (TPSA) is 44.8 Å². The molecule has 0 bridgehead atoms. The van der Waals surface area contributed by atoms with Gasteiger partial charge in [-0.2, -0.15) is 0 Å². The first-order chi connectivity index (χ1) is 12.7. The van der Waals surface area contributed by atoms with Crippen molar-refractivity contribution in [2.75, 3.05) is 44.7 Å². The Balaban J connectivity index is 1.46. The van der Waals surface area contributed by atoms with E-state index in [1.165, 1.54) is 6.07 Å². The van der Waals surface area contributed by atoms with E-state index in [-0.39, 0.29) is 11.7 Å². The van der Waals surface area contributed by atoms with Gasteiger partial charge in [0.05, 0.1) is 19.3 Å². The number of para-hydroxylation sites is 2. The Morgan fingerprint density at radius 1 is 1.08 bits per heavy atom.